The minimum Gasteiger partial charge on any atom is -0.325 e. The van der Waals surface area contributed by atoms with E-state index in [1.165, 1.54) is 0 Å². The van der Waals surface area contributed by atoms with E-state index in [2.05, 4.69) is 32.6 Å². The largest absolute Gasteiger partial charge is 0.325 e. The summed E-state index contributed by atoms with van der Waals surface area (Å²) in [5, 5.41) is 15.2. The van der Waals surface area contributed by atoms with Crippen LogP contribution in [0.4, 0.5) is 5.69 Å². The Labute approximate surface area is 134 Å². The van der Waals surface area contributed by atoms with E-state index in [-0.39, 0.29) is 5.91 Å². The summed E-state index contributed by atoms with van der Waals surface area (Å²) in [4.78, 5) is 12.6. The number of rotatable bonds is 3. The third kappa shape index (κ3) is 3.63. The van der Waals surface area contributed by atoms with Gasteiger partial charge in [-0.25, -0.2) is 0 Å². The predicted octanol–water partition coefficient (Wildman–Crippen LogP) is 3.29. The van der Waals surface area contributed by atoms with Gasteiger partial charge in [0.15, 0.2) is 0 Å². The summed E-state index contributed by atoms with van der Waals surface area (Å²) in [6, 6.07) is 7.26. The van der Waals surface area contributed by atoms with Gasteiger partial charge in [0.05, 0.1) is 17.3 Å². The molecule has 1 aromatic carbocycles. The van der Waals surface area contributed by atoms with Crippen molar-refractivity contribution in [3.05, 3.63) is 28.2 Å². The average molecular weight is 350 g/mol. The number of hydrogen-bond acceptors (Lipinski definition) is 3. The Morgan fingerprint density at radius 3 is 2.86 bits per heavy atom. The molecule has 21 heavy (non-hydrogen) atoms. The van der Waals surface area contributed by atoms with Crippen LogP contribution in [-0.4, -0.2) is 19.0 Å². The lowest BCUT2D eigenvalue weighted by Gasteiger charge is -2.36. The van der Waals surface area contributed by atoms with Crippen molar-refractivity contribution in [2.75, 3.05) is 18.4 Å². The monoisotopic (exact) mass is 349 g/mol. The lowest BCUT2D eigenvalue weighted by Crippen LogP contribution is -2.44. The smallest absolute Gasteiger partial charge is 0.230 e. The zero-order chi connectivity index (χ0) is 15.5. The number of benzene rings is 1. The quantitative estimate of drug-likeness (QED) is 0.879. The minimum absolute atomic E-state index is 0.0154. The molecule has 1 aliphatic rings. The molecule has 0 spiro atoms. The molecule has 0 radical (unpaired) electrons. The number of hydrogen-bond donors (Lipinski definition) is 2. The molecule has 1 saturated heterocycles. The number of anilines is 1. The number of nitriles is 1. The lowest BCUT2D eigenvalue weighted by molar-refractivity contribution is -0.127. The Bertz CT molecular complexity index is 571. The summed E-state index contributed by atoms with van der Waals surface area (Å²) in [6.45, 7) is 5.92. The van der Waals surface area contributed by atoms with Crippen LogP contribution in [0.5, 0.6) is 0 Å². The first-order chi connectivity index (χ1) is 9.95. The van der Waals surface area contributed by atoms with Crippen LogP contribution in [0.15, 0.2) is 22.7 Å². The first-order valence-electron chi connectivity index (χ1n) is 7.17. The van der Waals surface area contributed by atoms with E-state index in [4.69, 9.17) is 5.26 Å². The molecule has 2 rings (SSSR count). The number of carbonyl (C=O) groups excluding carboxylic acids is 1. The molecule has 1 aliphatic heterocycles. The first-order valence-corrected chi connectivity index (χ1v) is 7.96. The van der Waals surface area contributed by atoms with Gasteiger partial charge in [-0.2, -0.15) is 5.26 Å². The second kappa shape index (κ2) is 6.59. The molecular weight excluding hydrogens is 330 g/mol. The molecule has 1 unspecified atom stereocenters. The van der Waals surface area contributed by atoms with Gasteiger partial charge in [-0.1, -0.05) is 13.8 Å². The summed E-state index contributed by atoms with van der Waals surface area (Å²) in [5.74, 6) is 0.352. The van der Waals surface area contributed by atoms with Crippen molar-refractivity contribution < 1.29 is 4.79 Å². The highest BCUT2D eigenvalue weighted by atomic mass is 79.9. The zero-order valence-corrected chi connectivity index (χ0v) is 14.0. The normalized spacial score (nSPS) is 18.9. The van der Waals surface area contributed by atoms with E-state index in [1.807, 2.05) is 13.8 Å². The molecule has 1 amide bonds. The van der Waals surface area contributed by atoms with Crippen molar-refractivity contribution in [2.45, 2.75) is 26.7 Å². The van der Waals surface area contributed by atoms with Crippen molar-refractivity contribution in [1.82, 2.24) is 5.32 Å². The van der Waals surface area contributed by atoms with E-state index >= 15 is 0 Å². The summed E-state index contributed by atoms with van der Waals surface area (Å²) >= 11 is 3.40. The second-order valence-electron chi connectivity index (χ2n) is 6.03. The van der Waals surface area contributed by atoms with E-state index in [1.54, 1.807) is 18.2 Å². The maximum absolute atomic E-state index is 12.6. The van der Waals surface area contributed by atoms with Crippen LogP contribution in [0.25, 0.3) is 0 Å². The maximum Gasteiger partial charge on any atom is 0.230 e. The Kier molecular flexibility index (Phi) is 5.02. The third-order valence-corrected chi connectivity index (χ3v) is 4.91. The highest BCUT2D eigenvalue weighted by Crippen LogP contribution is 2.34. The Morgan fingerprint density at radius 1 is 1.52 bits per heavy atom. The molecule has 1 fully saturated rings. The highest BCUT2D eigenvalue weighted by molar-refractivity contribution is 9.10. The van der Waals surface area contributed by atoms with E-state index in [9.17, 15) is 4.79 Å². The van der Waals surface area contributed by atoms with Crippen molar-refractivity contribution in [3.63, 3.8) is 0 Å². The van der Waals surface area contributed by atoms with E-state index in [0.29, 0.717) is 17.2 Å². The molecule has 0 bridgehead atoms. The van der Waals surface area contributed by atoms with Crippen molar-refractivity contribution in [1.29, 1.82) is 5.26 Å². The Hall–Kier alpha value is -1.38. The average Bonchev–Trinajstić information content (AvgIpc) is 2.50. The SMILES string of the molecule is CC(C)(C(=O)Nc1ccc(C#N)cc1Br)C1CCCNC1. The summed E-state index contributed by atoms with van der Waals surface area (Å²) < 4.78 is 0.729. The number of piperidine rings is 1. The summed E-state index contributed by atoms with van der Waals surface area (Å²) in [7, 11) is 0. The number of amides is 1. The molecule has 1 heterocycles. The fraction of sp³-hybridized carbons (Fsp3) is 0.500. The van der Waals surface area contributed by atoms with Crippen LogP contribution in [0.1, 0.15) is 32.3 Å². The van der Waals surface area contributed by atoms with E-state index < -0.39 is 5.41 Å². The van der Waals surface area contributed by atoms with Crippen LogP contribution >= 0.6 is 15.9 Å². The van der Waals surface area contributed by atoms with Crippen LogP contribution < -0.4 is 10.6 Å². The minimum atomic E-state index is -0.430. The molecule has 0 aliphatic carbocycles. The van der Waals surface area contributed by atoms with Crippen molar-refractivity contribution >= 4 is 27.5 Å². The number of nitrogens with zero attached hydrogens (tertiary/aromatic N) is 1. The fourth-order valence-electron chi connectivity index (χ4n) is 2.62. The van der Waals surface area contributed by atoms with Gasteiger partial charge in [0, 0.05) is 9.89 Å². The van der Waals surface area contributed by atoms with Gasteiger partial charge in [0.2, 0.25) is 5.91 Å². The van der Waals surface area contributed by atoms with Gasteiger partial charge >= 0.3 is 0 Å². The van der Waals surface area contributed by atoms with Crippen LogP contribution in [0, 0.1) is 22.7 Å². The molecule has 0 saturated carbocycles. The molecule has 5 heteroatoms. The lowest BCUT2D eigenvalue weighted by atomic mass is 9.74. The Morgan fingerprint density at radius 2 is 2.29 bits per heavy atom. The second-order valence-corrected chi connectivity index (χ2v) is 6.88. The van der Waals surface area contributed by atoms with Crippen molar-refractivity contribution in [3.8, 4) is 6.07 Å². The van der Waals surface area contributed by atoms with Gasteiger partial charge in [-0.15, -0.1) is 0 Å². The van der Waals surface area contributed by atoms with Crippen LogP contribution in [0.2, 0.25) is 0 Å². The van der Waals surface area contributed by atoms with Crippen LogP contribution in [-0.2, 0) is 4.79 Å². The number of nitrogens with one attached hydrogen (secondary N) is 2. The maximum atomic E-state index is 12.6. The van der Waals surface area contributed by atoms with Crippen LogP contribution in [0.3, 0.4) is 0 Å². The van der Waals surface area contributed by atoms with Gasteiger partial charge in [-0.05, 0) is 66.0 Å². The first kappa shape index (κ1) is 16.0. The standard InChI is InChI=1S/C16H20BrN3O/c1-16(2,12-4-3-7-19-10-12)15(21)20-14-6-5-11(9-18)8-13(14)17/h5-6,8,12,19H,3-4,7,10H2,1-2H3,(H,20,21). The summed E-state index contributed by atoms with van der Waals surface area (Å²) in [6.07, 6.45) is 2.18. The predicted molar refractivity (Wildman–Crippen MR) is 86.9 cm³/mol. The molecule has 1 aromatic rings. The number of carbonyl (C=O) groups is 1. The van der Waals surface area contributed by atoms with Gasteiger partial charge in [0.25, 0.3) is 0 Å². The molecule has 1 atom stereocenters. The van der Waals surface area contributed by atoms with E-state index in [0.717, 1.165) is 30.4 Å². The van der Waals surface area contributed by atoms with Crippen molar-refractivity contribution in [2.24, 2.45) is 11.3 Å². The summed E-state index contributed by atoms with van der Waals surface area (Å²) in [5.41, 5.74) is 0.840. The molecule has 112 valence electrons. The zero-order valence-electron chi connectivity index (χ0n) is 12.4. The molecule has 2 N–H and O–H groups in total. The topological polar surface area (TPSA) is 64.9 Å². The number of halogens is 1. The van der Waals surface area contributed by atoms with Gasteiger partial charge in [-0.3, -0.25) is 4.79 Å². The third-order valence-electron chi connectivity index (χ3n) is 4.25. The Balaban J connectivity index is 2.11. The molecule has 0 aromatic heterocycles. The fourth-order valence-corrected chi connectivity index (χ4v) is 3.10. The van der Waals surface area contributed by atoms with Gasteiger partial charge in [0.1, 0.15) is 0 Å². The molecule has 4 nitrogen and oxygen atoms in total. The molecular formula is C16H20BrN3O. The highest BCUT2D eigenvalue weighted by Gasteiger charge is 2.37. The van der Waals surface area contributed by atoms with Gasteiger partial charge < -0.3 is 10.6 Å².